The average molecular weight is 279 g/mol. The molecule has 1 N–H and O–H groups in total. The highest BCUT2D eigenvalue weighted by molar-refractivity contribution is 9.09. The molecule has 2 nitrogen and oxygen atoms in total. The Morgan fingerprint density at radius 1 is 1.31 bits per heavy atom. The first-order valence-electron chi connectivity index (χ1n) is 5.43. The summed E-state index contributed by atoms with van der Waals surface area (Å²) < 4.78 is 0. The van der Waals surface area contributed by atoms with E-state index in [1.165, 1.54) is 10.9 Å². The molecule has 1 unspecified atom stereocenters. The number of alkyl halides is 1. The second-order valence-corrected chi connectivity index (χ2v) is 4.57. The van der Waals surface area contributed by atoms with Crippen molar-refractivity contribution in [2.75, 3.05) is 5.33 Å². The summed E-state index contributed by atoms with van der Waals surface area (Å²) in [6.45, 7) is 3.05. The lowest BCUT2D eigenvalue weighted by Crippen LogP contribution is -2.26. The minimum Gasteiger partial charge on any atom is -0.309 e. The quantitative estimate of drug-likeness (QED) is 0.870. The van der Waals surface area contributed by atoms with Crippen LogP contribution in [0, 0.1) is 0 Å². The summed E-state index contributed by atoms with van der Waals surface area (Å²) >= 11 is 3.46. The molecular weight excluding hydrogens is 264 g/mol. The van der Waals surface area contributed by atoms with E-state index in [1.807, 2.05) is 18.3 Å². The van der Waals surface area contributed by atoms with Crippen molar-refractivity contribution in [3.05, 3.63) is 42.1 Å². The molecule has 1 aromatic heterocycles. The van der Waals surface area contributed by atoms with Gasteiger partial charge in [0.2, 0.25) is 0 Å². The second kappa shape index (κ2) is 5.41. The van der Waals surface area contributed by atoms with E-state index in [2.05, 4.69) is 51.4 Å². The van der Waals surface area contributed by atoms with Crippen LogP contribution in [0.1, 0.15) is 12.5 Å². The number of benzene rings is 1. The van der Waals surface area contributed by atoms with Crippen LogP contribution in [0.2, 0.25) is 0 Å². The van der Waals surface area contributed by atoms with Gasteiger partial charge in [-0.05, 0) is 24.6 Å². The normalized spacial score (nSPS) is 12.9. The molecule has 1 aromatic carbocycles. The number of aromatic nitrogens is 1. The summed E-state index contributed by atoms with van der Waals surface area (Å²) in [5.74, 6) is 0. The van der Waals surface area contributed by atoms with E-state index >= 15 is 0 Å². The number of pyridine rings is 1. The molecule has 0 bridgehead atoms. The topological polar surface area (TPSA) is 24.9 Å². The Morgan fingerprint density at radius 2 is 2.12 bits per heavy atom. The molecule has 0 amide bonds. The fraction of sp³-hybridized carbons (Fsp3) is 0.308. The van der Waals surface area contributed by atoms with Gasteiger partial charge in [-0.1, -0.05) is 34.1 Å². The molecule has 2 rings (SSSR count). The molecule has 0 saturated heterocycles. The third kappa shape index (κ3) is 2.60. The van der Waals surface area contributed by atoms with Crippen LogP contribution in [0.25, 0.3) is 10.9 Å². The lowest BCUT2D eigenvalue weighted by Gasteiger charge is -2.11. The van der Waals surface area contributed by atoms with Crippen molar-refractivity contribution < 1.29 is 0 Å². The molecule has 0 radical (unpaired) electrons. The maximum atomic E-state index is 4.35. The summed E-state index contributed by atoms with van der Waals surface area (Å²) in [7, 11) is 0. The Hall–Kier alpha value is -0.930. The summed E-state index contributed by atoms with van der Waals surface area (Å²) in [5.41, 5.74) is 2.37. The van der Waals surface area contributed by atoms with Crippen LogP contribution in [0.3, 0.4) is 0 Å². The molecule has 16 heavy (non-hydrogen) atoms. The number of rotatable bonds is 4. The third-order valence-corrected chi connectivity index (χ3v) is 3.58. The fourth-order valence-electron chi connectivity index (χ4n) is 1.65. The van der Waals surface area contributed by atoms with Gasteiger partial charge in [-0.15, -0.1) is 0 Å². The van der Waals surface area contributed by atoms with Gasteiger partial charge in [0.05, 0.1) is 5.52 Å². The van der Waals surface area contributed by atoms with Gasteiger partial charge in [-0.3, -0.25) is 4.98 Å². The Morgan fingerprint density at radius 3 is 2.94 bits per heavy atom. The van der Waals surface area contributed by atoms with E-state index in [0.717, 1.165) is 17.4 Å². The summed E-state index contributed by atoms with van der Waals surface area (Å²) in [5, 5.41) is 5.67. The van der Waals surface area contributed by atoms with Gasteiger partial charge in [0, 0.05) is 29.5 Å². The highest BCUT2D eigenvalue weighted by Crippen LogP contribution is 2.15. The van der Waals surface area contributed by atoms with Crippen LogP contribution in [0.4, 0.5) is 0 Å². The van der Waals surface area contributed by atoms with Crippen LogP contribution in [0.15, 0.2) is 36.5 Å². The van der Waals surface area contributed by atoms with Crippen molar-refractivity contribution >= 4 is 26.8 Å². The largest absolute Gasteiger partial charge is 0.309 e. The van der Waals surface area contributed by atoms with E-state index in [1.54, 1.807) is 0 Å². The number of para-hydroxylation sites is 1. The number of fused-ring (bicyclic) bond motifs is 1. The van der Waals surface area contributed by atoms with Crippen LogP contribution >= 0.6 is 15.9 Å². The minimum absolute atomic E-state index is 0.479. The zero-order valence-electron chi connectivity index (χ0n) is 9.28. The van der Waals surface area contributed by atoms with Crippen LogP contribution in [-0.2, 0) is 6.54 Å². The molecule has 0 aliphatic rings. The van der Waals surface area contributed by atoms with E-state index in [9.17, 15) is 0 Å². The van der Waals surface area contributed by atoms with Crippen molar-refractivity contribution in [2.24, 2.45) is 0 Å². The van der Waals surface area contributed by atoms with Gasteiger partial charge < -0.3 is 5.32 Å². The van der Waals surface area contributed by atoms with Gasteiger partial charge in [-0.2, -0.15) is 0 Å². The molecule has 84 valence electrons. The van der Waals surface area contributed by atoms with E-state index in [-0.39, 0.29) is 0 Å². The van der Waals surface area contributed by atoms with Crippen LogP contribution in [0.5, 0.6) is 0 Å². The van der Waals surface area contributed by atoms with Gasteiger partial charge in [0.1, 0.15) is 0 Å². The van der Waals surface area contributed by atoms with Crippen LogP contribution in [-0.4, -0.2) is 16.4 Å². The van der Waals surface area contributed by atoms with Gasteiger partial charge >= 0.3 is 0 Å². The fourth-order valence-corrected chi connectivity index (χ4v) is 1.88. The molecule has 0 fully saturated rings. The molecule has 1 heterocycles. The number of nitrogens with one attached hydrogen (secondary N) is 1. The lowest BCUT2D eigenvalue weighted by molar-refractivity contribution is 0.600. The van der Waals surface area contributed by atoms with E-state index in [4.69, 9.17) is 0 Å². The van der Waals surface area contributed by atoms with Gasteiger partial charge in [0.15, 0.2) is 0 Å². The molecule has 0 aliphatic heterocycles. The van der Waals surface area contributed by atoms with Gasteiger partial charge in [0.25, 0.3) is 0 Å². The summed E-state index contributed by atoms with van der Waals surface area (Å²) in [6.07, 6.45) is 1.87. The van der Waals surface area contributed by atoms with Crippen molar-refractivity contribution in [1.29, 1.82) is 0 Å². The van der Waals surface area contributed by atoms with E-state index < -0.39 is 0 Å². The highest BCUT2D eigenvalue weighted by Gasteiger charge is 2.03. The number of nitrogens with zero attached hydrogens (tertiary/aromatic N) is 1. The maximum absolute atomic E-state index is 4.35. The van der Waals surface area contributed by atoms with Crippen molar-refractivity contribution in [3.8, 4) is 0 Å². The Balaban J connectivity index is 2.23. The minimum atomic E-state index is 0.479. The Labute approximate surface area is 104 Å². The predicted molar refractivity (Wildman–Crippen MR) is 71.8 cm³/mol. The second-order valence-electron chi connectivity index (χ2n) is 3.92. The molecule has 1 atom stereocenters. The lowest BCUT2D eigenvalue weighted by atomic mass is 10.1. The highest BCUT2D eigenvalue weighted by atomic mass is 79.9. The van der Waals surface area contributed by atoms with Crippen molar-refractivity contribution in [2.45, 2.75) is 19.5 Å². The first-order valence-corrected chi connectivity index (χ1v) is 6.55. The average Bonchev–Trinajstić information content (AvgIpc) is 2.35. The Bertz CT molecular complexity index is 465. The molecule has 0 aliphatic carbocycles. The summed E-state index contributed by atoms with van der Waals surface area (Å²) in [6, 6.07) is 10.8. The standard InChI is InChI=1S/C13H15BrN2/c1-10(8-14)16-9-11-6-7-15-13-5-3-2-4-12(11)13/h2-7,10,16H,8-9H2,1H3. The number of hydrogen-bond acceptors (Lipinski definition) is 2. The van der Waals surface area contributed by atoms with E-state index in [0.29, 0.717) is 6.04 Å². The number of halogens is 1. The molecule has 0 spiro atoms. The zero-order valence-corrected chi connectivity index (χ0v) is 10.9. The smallest absolute Gasteiger partial charge is 0.0705 e. The summed E-state index contributed by atoms with van der Waals surface area (Å²) in [4.78, 5) is 4.35. The Kier molecular flexibility index (Phi) is 3.91. The van der Waals surface area contributed by atoms with Crippen LogP contribution < -0.4 is 5.32 Å². The molecular formula is C13H15BrN2. The molecule has 3 heteroatoms. The SMILES string of the molecule is CC(CBr)NCc1ccnc2ccccc12. The number of hydrogen-bond donors (Lipinski definition) is 1. The van der Waals surface area contributed by atoms with Crippen molar-refractivity contribution in [1.82, 2.24) is 10.3 Å². The molecule has 0 saturated carbocycles. The third-order valence-electron chi connectivity index (χ3n) is 2.61. The zero-order chi connectivity index (χ0) is 11.4. The maximum Gasteiger partial charge on any atom is 0.0705 e. The first-order chi connectivity index (χ1) is 7.81. The van der Waals surface area contributed by atoms with Gasteiger partial charge in [-0.25, -0.2) is 0 Å². The molecule has 2 aromatic rings. The van der Waals surface area contributed by atoms with Crippen molar-refractivity contribution in [3.63, 3.8) is 0 Å². The first kappa shape index (κ1) is 11.6. The predicted octanol–water partition coefficient (Wildman–Crippen LogP) is 3.11. The monoisotopic (exact) mass is 278 g/mol.